The Morgan fingerprint density at radius 1 is 1.26 bits per heavy atom. The average Bonchev–Trinajstić information content (AvgIpc) is 3.01. The highest BCUT2D eigenvalue weighted by molar-refractivity contribution is 5.87. The van der Waals surface area contributed by atoms with Gasteiger partial charge in [0.05, 0.1) is 18.4 Å². The number of benzene rings is 1. The minimum absolute atomic E-state index is 0.300. The van der Waals surface area contributed by atoms with E-state index in [4.69, 9.17) is 0 Å². The van der Waals surface area contributed by atoms with E-state index in [9.17, 15) is 22.8 Å². The molecule has 1 aromatic carbocycles. The summed E-state index contributed by atoms with van der Waals surface area (Å²) in [5.74, 6) is -0.451. The number of hydrazine groups is 1. The number of likely N-dealkylation sites (tertiary alicyclic amines) is 1. The summed E-state index contributed by atoms with van der Waals surface area (Å²) >= 11 is 0. The summed E-state index contributed by atoms with van der Waals surface area (Å²) in [7, 11) is 1.23. The minimum atomic E-state index is -4.41. The van der Waals surface area contributed by atoms with Gasteiger partial charge in [0.15, 0.2) is 0 Å². The van der Waals surface area contributed by atoms with Crippen molar-refractivity contribution in [3.05, 3.63) is 29.8 Å². The molecule has 0 aromatic heterocycles. The molecule has 1 aliphatic rings. The van der Waals surface area contributed by atoms with E-state index in [1.807, 2.05) is 0 Å². The maximum Gasteiger partial charge on any atom is 0.416 e. The Morgan fingerprint density at radius 3 is 2.48 bits per heavy atom. The van der Waals surface area contributed by atoms with Crippen LogP contribution in [0.4, 0.5) is 23.7 Å². The standard InChI is InChI=1S/C14H16F3N3O3/c1-23-13(22)20-8-2-3-11(20)12(21)19-18-10-6-4-9(5-7-10)14(15,16)17/h4-7,11,18H,2-3,8H2,1H3,(H,19,21). The molecule has 1 heterocycles. The third-order valence-electron chi connectivity index (χ3n) is 3.51. The van der Waals surface area contributed by atoms with Crippen LogP contribution in [0.15, 0.2) is 24.3 Å². The van der Waals surface area contributed by atoms with Crippen molar-refractivity contribution in [2.45, 2.75) is 25.1 Å². The number of methoxy groups -OCH3 is 1. The SMILES string of the molecule is COC(=O)N1CCCC1C(=O)NNc1ccc(C(F)(F)F)cc1. The lowest BCUT2D eigenvalue weighted by molar-refractivity contribution is -0.137. The van der Waals surface area contributed by atoms with Gasteiger partial charge in [-0.3, -0.25) is 20.5 Å². The van der Waals surface area contributed by atoms with Crippen molar-refractivity contribution in [2.75, 3.05) is 19.1 Å². The fraction of sp³-hybridized carbons (Fsp3) is 0.429. The molecule has 1 aliphatic heterocycles. The van der Waals surface area contributed by atoms with Gasteiger partial charge in [-0.25, -0.2) is 4.79 Å². The lowest BCUT2D eigenvalue weighted by Crippen LogP contribution is -2.47. The molecule has 126 valence electrons. The summed E-state index contributed by atoms with van der Waals surface area (Å²) in [6, 6.07) is 3.56. The van der Waals surface area contributed by atoms with Crippen molar-refractivity contribution in [3.63, 3.8) is 0 Å². The first kappa shape index (κ1) is 16.9. The number of hydrogen-bond acceptors (Lipinski definition) is 4. The summed E-state index contributed by atoms with van der Waals surface area (Å²) < 4.78 is 42.0. The molecule has 0 saturated carbocycles. The van der Waals surface area contributed by atoms with Gasteiger partial charge in [-0.2, -0.15) is 13.2 Å². The first-order valence-electron chi connectivity index (χ1n) is 6.90. The van der Waals surface area contributed by atoms with Crippen LogP contribution < -0.4 is 10.9 Å². The van der Waals surface area contributed by atoms with Crippen LogP contribution in [-0.4, -0.2) is 36.6 Å². The molecule has 1 fully saturated rings. The van der Waals surface area contributed by atoms with Gasteiger partial charge in [0.25, 0.3) is 5.91 Å². The van der Waals surface area contributed by atoms with Gasteiger partial charge in [-0.1, -0.05) is 0 Å². The molecule has 2 amide bonds. The Bertz CT molecular complexity index is 575. The molecular formula is C14H16F3N3O3. The van der Waals surface area contributed by atoms with Gasteiger partial charge in [-0.15, -0.1) is 0 Å². The number of rotatable bonds is 3. The minimum Gasteiger partial charge on any atom is -0.453 e. The monoisotopic (exact) mass is 331 g/mol. The van der Waals surface area contributed by atoms with Crippen LogP contribution in [0.3, 0.4) is 0 Å². The molecule has 0 bridgehead atoms. The summed E-state index contributed by atoms with van der Waals surface area (Å²) in [5, 5.41) is 0. The molecule has 0 spiro atoms. The molecule has 0 aliphatic carbocycles. The van der Waals surface area contributed by atoms with E-state index in [1.54, 1.807) is 0 Å². The number of halogens is 3. The average molecular weight is 331 g/mol. The number of alkyl halides is 3. The second-order valence-electron chi connectivity index (χ2n) is 5.01. The molecular weight excluding hydrogens is 315 g/mol. The lowest BCUT2D eigenvalue weighted by Gasteiger charge is -2.22. The van der Waals surface area contributed by atoms with E-state index >= 15 is 0 Å². The van der Waals surface area contributed by atoms with Gasteiger partial charge >= 0.3 is 12.3 Å². The summed E-state index contributed by atoms with van der Waals surface area (Å²) in [6.07, 6.45) is -3.83. The second kappa shape index (κ2) is 6.76. The van der Waals surface area contributed by atoms with E-state index in [2.05, 4.69) is 15.6 Å². The van der Waals surface area contributed by atoms with Gasteiger partial charge in [0.1, 0.15) is 6.04 Å². The first-order valence-corrected chi connectivity index (χ1v) is 6.90. The summed E-state index contributed by atoms with van der Waals surface area (Å²) in [6.45, 7) is 0.422. The van der Waals surface area contributed by atoms with Crippen LogP contribution in [0.2, 0.25) is 0 Å². The smallest absolute Gasteiger partial charge is 0.416 e. The molecule has 2 rings (SSSR count). The topological polar surface area (TPSA) is 70.7 Å². The largest absolute Gasteiger partial charge is 0.453 e. The predicted molar refractivity (Wildman–Crippen MR) is 75.3 cm³/mol. The molecule has 0 radical (unpaired) electrons. The van der Waals surface area contributed by atoms with Crippen molar-refractivity contribution in [1.82, 2.24) is 10.3 Å². The molecule has 1 atom stereocenters. The van der Waals surface area contributed by atoms with Gasteiger partial charge < -0.3 is 4.74 Å². The van der Waals surface area contributed by atoms with Crippen LogP contribution in [-0.2, 0) is 15.7 Å². The van der Waals surface area contributed by atoms with E-state index in [1.165, 1.54) is 24.1 Å². The highest BCUT2D eigenvalue weighted by atomic mass is 19.4. The number of nitrogens with zero attached hydrogens (tertiary/aromatic N) is 1. The number of nitrogens with one attached hydrogen (secondary N) is 2. The molecule has 2 N–H and O–H groups in total. The van der Waals surface area contributed by atoms with Crippen LogP contribution >= 0.6 is 0 Å². The molecule has 1 saturated heterocycles. The van der Waals surface area contributed by atoms with E-state index in [-0.39, 0.29) is 0 Å². The van der Waals surface area contributed by atoms with Crippen molar-refractivity contribution < 1.29 is 27.5 Å². The van der Waals surface area contributed by atoms with E-state index in [0.29, 0.717) is 25.1 Å². The molecule has 23 heavy (non-hydrogen) atoms. The Hall–Kier alpha value is -2.45. The van der Waals surface area contributed by atoms with Gasteiger partial charge in [0.2, 0.25) is 0 Å². The zero-order valence-electron chi connectivity index (χ0n) is 12.3. The van der Waals surface area contributed by atoms with Crippen molar-refractivity contribution in [1.29, 1.82) is 0 Å². The number of amides is 2. The number of anilines is 1. The Labute approximate surface area is 130 Å². The summed E-state index contributed by atoms with van der Waals surface area (Å²) in [5.41, 5.74) is 4.44. The fourth-order valence-corrected chi connectivity index (χ4v) is 2.33. The first-order chi connectivity index (χ1) is 10.8. The highest BCUT2D eigenvalue weighted by Gasteiger charge is 2.34. The maximum atomic E-state index is 12.5. The third kappa shape index (κ3) is 4.05. The van der Waals surface area contributed by atoms with Gasteiger partial charge in [-0.05, 0) is 37.1 Å². The van der Waals surface area contributed by atoms with Crippen LogP contribution in [0.5, 0.6) is 0 Å². The van der Waals surface area contributed by atoms with Crippen molar-refractivity contribution in [3.8, 4) is 0 Å². The molecule has 6 nitrogen and oxygen atoms in total. The third-order valence-corrected chi connectivity index (χ3v) is 3.51. The summed E-state index contributed by atoms with van der Waals surface area (Å²) in [4.78, 5) is 24.9. The maximum absolute atomic E-state index is 12.5. The molecule has 9 heteroatoms. The Morgan fingerprint density at radius 2 is 1.91 bits per heavy atom. The van der Waals surface area contributed by atoms with Crippen LogP contribution in [0.1, 0.15) is 18.4 Å². The quantitative estimate of drug-likeness (QED) is 0.835. The number of ether oxygens (including phenoxy) is 1. The van der Waals surface area contributed by atoms with E-state index < -0.39 is 29.8 Å². The normalized spacial score (nSPS) is 17.7. The predicted octanol–water partition coefficient (Wildman–Crippen LogP) is 2.38. The molecule has 1 aromatic rings. The number of carbonyl (C=O) groups excluding carboxylic acids is 2. The fourth-order valence-electron chi connectivity index (χ4n) is 2.33. The van der Waals surface area contributed by atoms with Gasteiger partial charge in [0, 0.05) is 6.54 Å². The zero-order chi connectivity index (χ0) is 17.0. The Kier molecular flexibility index (Phi) is 4.97. The second-order valence-corrected chi connectivity index (χ2v) is 5.01. The van der Waals surface area contributed by atoms with Crippen LogP contribution in [0, 0.1) is 0 Å². The molecule has 1 unspecified atom stereocenters. The zero-order valence-corrected chi connectivity index (χ0v) is 12.3. The van der Waals surface area contributed by atoms with Crippen LogP contribution in [0.25, 0.3) is 0 Å². The Balaban J connectivity index is 1.92. The van der Waals surface area contributed by atoms with Crippen molar-refractivity contribution in [2.24, 2.45) is 0 Å². The van der Waals surface area contributed by atoms with E-state index in [0.717, 1.165) is 12.1 Å². The highest BCUT2D eigenvalue weighted by Crippen LogP contribution is 2.29. The lowest BCUT2D eigenvalue weighted by atomic mass is 10.2. The number of carbonyl (C=O) groups is 2. The number of hydrogen-bond donors (Lipinski definition) is 2. The van der Waals surface area contributed by atoms with Crippen molar-refractivity contribution >= 4 is 17.7 Å².